The van der Waals surface area contributed by atoms with Crippen LogP contribution >= 0.6 is 0 Å². The number of hydrogen-bond acceptors (Lipinski definition) is 5. The zero-order chi connectivity index (χ0) is 20.0. The maximum atomic E-state index is 12.3. The van der Waals surface area contributed by atoms with Crippen LogP contribution in [0.15, 0.2) is 40.2 Å². The van der Waals surface area contributed by atoms with E-state index in [-0.39, 0.29) is 28.6 Å². The normalized spacial score (nSPS) is 10.8. The summed E-state index contributed by atoms with van der Waals surface area (Å²) in [5.41, 5.74) is 0.882. The Kier molecular flexibility index (Phi) is 6.70. The Balaban J connectivity index is 2.64. The SMILES string of the molecule is CCC#CCOc1ccc(S(=O)(=O)CC)cc1-c1cc(OC)c(=O)n(C)c1. The van der Waals surface area contributed by atoms with E-state index in [4.69, 9.17) is 9.47 Å². The molecule has 0 saturated carbocycles. The van der Waals surface area contributed by atoms with Crippen molar-refractivity contribution < 1.29 is 17.9 Å². The second kappa shape index (κ2) is 8.78. The van der Waals surface area contributed by atoms with Gasteiger partial charge in [-0.25, -0.2) is 8.42 Å². The number of aromatic nitrogens is 1. The molecule has 1 aromatic heterocycles. The van der Waals surface area contributed by atoms with Crippen LogP contribution < -0.4 is 15.0 Å². The predicted molar refractivity (Wildman–Crippen MR) is 105 cm³/mol. The van der Waals surface area contributed by atoms with Crippen molar-refractivity contribution in [3.63, 3.8) is 0 Å². The van der Waals surface area contributed by atoms with Crippen LogP contribution in [0.5, 0.6) is 11.5 Å². The predicted octanol–water partition coefficient (Wildman–Crippen LogP) is 2.65. The molecule has 2 aromatic rings. The highest BCUT2D eigenvalue weighted by molar-refractivity contribution is 7.91. The van der Waals surface area contributed by atoms with Crippen molar-refractivity contribution in [1.82, 2.24) is 4.57 Å². The van der Waals surface area contributed by atoms with Gasteiger partial charge < -0.3 is 14.0 Å². The van der Waals surface area contributed by atoms with Crippen molar-refractivity contribution in [3.05, 3.63) is 40.8 Å². The van der Waals surface area contributed by atoms with Crippen molar-refractivity contribution in [3.8, 4) is 34.5 Å². The molecule has 0 aliphatic carbocycles. The molecule has 144 valence electrons. The van der Waals surface area contributed by atoms with Crippen LogP contribution in [0.1, 0.15) is 20.3 Å². The monoisotopic (exact) mass is 389 g/mol. The lowest BCUT2D eigenvalue weighted by molar-refractivity contribution is 0.371. The third-order valence-electron chi connectivity index (χ3n) is 3.97. The maximum Gasteiger partial charge on any atom is 0.292 e. The first-order chi connectivity index (χ1) is 12.8. The van der Waals surface area contributed by atoms with E-state index >= 15 is 0 Å². The molecule has 0 amide bonds. The van der Waals surface area contributed by atoms with E-state index in [1.165, 1.54) is 17.7 Å². The van der Waals surface area contributed by atoms with Crippen LogP contribution in [0.4, 0.5) is 0 Å². The van der Waals surface area contributed by atoms with E-state index < -0.39 is 9.84 Å². The van der Waals surface area contributed by atoms with Gasteiger partial charge in [0.15, 0.2) is 15.6 Å². The van der Waals surface area contributed by atoms with Crippen molar-refractivity contribution in [1.29, 1.82) is 0 Å². The second-order valence-electron chi connectivity index (χ2n) is 5.77. The Morgan fingerprint density at radius 1 is 1.11 bits per heavy atom. The van der Waals surface area contributed by atoms with Gasteiger partial charge in [-0.1, -0.05) is 19.8 Å². The van der Waals surface area contributed by atoms with Crippen molar-refractivity contribution in [2.45, 2.75) is 25.2 Å². The van der Waals surface area contributed by atoms with Gasteiger partial charge in [0.1, 0.15) is 12.4 Å². The lowest BCUT2D eigenvalue weighted by atomic mass is 10.1. The fraction of sp³-hybridized carbons (Fsp3) is 0.350. The topological polar surface area (TPSA) is 74.6 Å². The highest BCUT2D eigenvalue weighted by Crippen LogP contribution is 2.33. The fourth-order valence-corrected chi connectivity index (χ4v) is 3.39. The molecule has 0 atom stereocenters. The smallest absolute Gasteiger partial charge is 0.292 e. The number of aryl methyl sites for hydroxylation is 1. The number of pyridine rings is 1. The van der Waals surface area contributed by atoms with Crippen molar-refractivity contribution in [2.24, 2.45) is 7.05 Å². The molecule has 1 heterocycles. The van der Waals surface area contributed by atoms with E-state index in [0.29, 0.717) is 16.9 Å². The van der Waals surface area contributed by atoms with Gasteiger partial charge in [-0.3, -0.25) is 4.79 Å². The standard InChI is InChI=1S/C20H23NO5S/c1-5-7-8-11-26-18-10-9-16(27(23,24)6-2)13-17(18)15-12-19(25-4)20(22)21(3)14-15/h9-10,12-14H,5-6,11H2,1-4H3. The number of benzene rings is 1. The highest BCUT2D eigenvalue weighted by Gasteiger charge is 2.17. The number of sulfone groups is 1. The number of nitrogens with zero attached hydrogens (tertiary/aromatic N) is 1. The molecule has 0 bridgehead atoms. The minimum Gasteiger partial charge on any atom is -0.491 e. The van der Waals surface area contributed by atoms with Crippen LogP contribution in [0, 0.1) is 11.8 Å². The van der Waals surface area contributed by atoms with Crippen LogP contribution in [-0.4, -0.2) is 32.5 Å². The lowest BCUT2D eigenvalue weighted by Gasteiger charge is -2.14. The largest absolute Gasteiger partial charge is 0.491 e. The summed E-state index contributed by atoms with van der Waals surface area (Å²) in [6, 6.07) is 6.26. The van der Waals surface area contributed by atoms with E-state index in [9.17, 15) is 13.2 Å². The molecule has 0 aliphatic rings. The molecule has 0 unspecified atom stereocenters. The van der Waals surface area contributed by atoms with Gasteiger partial charge in [-0.2, -0.15) is 0 Å². The summed E-state index contributed by atoms with van der Waals surface area (Å²) < 4.78 is 36.9. The summed E-state index contributed by atoms with van der Waals surface area (Å²) in [6.45, 7) is 3.72. The molecule has 2 rings (SSSR count). The van der Waals surface area contributed by atoms with Crippen LogP contribution in [0.25, 0.3) is 11.1 Å². The van der Waals surface area contributed by atoms with Crippen molar-refractivity contribution >= 4 is 9.84 Å². The highest BCUT2D eigenvalue weighted by atomic mass is 32.2. The van der Waals surface area contributed by atoms with Crippen LogP contribution in [0.3, 0.4) is 0 Å². The molecule has 0 saturated heterocycles. The minimum atomic E-state index is -3.39. The van der Waals surface area contributed by atoms with E-state index in [0.717, 1.165) is 6.42 Å². The average Bonchev–Trinajstić information content (AvgIpc) is 2.67. The summed E-state index contributed by atoms with van der Waals surface area (Å²) in [7, 11) is -0.374. The van der Waals surface area contributed by atoms with Gasteiger partial charge in [0, 0.05) is 30.8 Å². The molecule has 0 spiro atoms. The molecular weight excluding hydrogens is 366 g/mol. The second-order valence-corrected chi connectivity index (χ2v) is 8.05. The Hall–Kier alpha value is -2.72. The molecule has 0 aliphatic heterocycles. The van der Waals surface area contributed by atoms with Gasteiger partial charge in [-0.05, 0) is 24.3 Å². The average molecular weight is 389 g/mol. The van der Waals surface area contributed by atoms with Gasteiger partial charge in [-0.15, -0.1) is 5.92 Å². The molecular formula is C20H23NO5S. The van der Waals surface area contributed by atoms with Gasteiger partial charge in [0.25, 0.3) is 5.56 Å². The Bertz CT molecular complexity index is 1040. The van der Waals surface area contributed by atoms with Crippen molar-refractivity contribution in [2.75, 3.05) is 19.5 Å². The summed E-state index contributed by atoms with van der Waals surface area (Å²) in [5.74, 6) is 6.45. The Labute approximate surface area is 159 Å². The number of ether oxygens (including phenoxy) is 2. The minimum absolute atomic E-state index is 0.00871. The third-order valence-corrected chi connectivity index (χ3v) is 5.71. The van der Waals surface area contributed by atoms with Gasteiger partial charge in [0.05, 0.1) is 17.8 Å². The van der Waals surface area contributed by atoms with Crippen LogP contribution in [-0.2, 0) is 16.9 Å². The van der Waals surface area contributed by atoms with E-state index in [2.05, 4.69) is 11.8 Å². The third kappa shape index (κ3) is 4.72. The summed E-state index contributed by atoms with van der Waals surface area (Å²) in [6.07, 6.45) is 2.34. The quantitative estimate of drug-likeness (QED) is 0.710. The summed E-state index contributed by atoms with van der Waals surface area (Å²) in [5, 5.41) is 0. The molecule has 0 N–H and O–H groups in total. The first-order valence-corrected chi connectivity index (χ1v) is 10.2. The van der Waals surface area contributed by atoms with Gasteiger partial charge in [0.2, 0.25) is 0 Å². The zero-order valence-corrected chi connectivity index (χ0v) is 16.7. The lowest BCUT2D eigenvalue weighted by Crippen LogP contribution is -2.18. The van der Waals surface area contributed by atoms with E-state index in [1.807, 2.05) is 6.92 Å². The number of hydrogen-bond donors (Lipinski definition) is 0. The number of methoxy groups -OCH3 is 1. The molecule has 0 radical (unpaired) electrons. The molecule has 27 heavy (non-hydrogen) atoms. The first kappa shape index (κ1) is 20.6. The fourth-order valence-electron chi connectivity index (χ4n) is 2.49. The first-order valence-electron chi connectivity index (χ1n) is 8.54. The Morgan fingerprint density at radius 2 is 1.85 bits per heavy atom. The molecule has 1 aromatic carbocycles. The molecule has 6 nitrogen and oxygen atoms in total. The maximum absolute atomic E-state index is 12.3. The van der Waals surface area contributed by atoms with Gasteiger partial charge >= 0.3 is 0 Å². The van der Waals surface area contributed by atoms with E-state index in [1.54, 1.807) is 38.4 Å². The Morgan fingerprint density at radius 3 is 2.48 bits per heavy atom. The summed E-state index contributed by atoms with van der Waals surface area (Å²) >= 11 is 0. The molecule has 7 heteroatoms. The molecule has 0 fully saturated rings. The number of rotatable bonds is 6. The zero-order valence-electron chi connectivity index (χ0n) is 15.9. The summed E-state index contributed by atoms with van der Waals surface area (Å²) in [4.78, 5) is 12.3. The van der Waals surface area contributed by atoms with Crippen LogP contribution in [0.2, 0.25) is 0 Å².